The minimum atomic E-state index is -0.629. The zero-order valence-corrected chi connectivity index (χ0v) is 18.6. The minimum Gasteiger partial charge on any atom is -0.354 e. The maximum absolute atomic E-state index is 13.1. The van der Waals surface area contributed by atoms with E-state index >= 15 is 0 Å². The first-order chi connectivity index (χ1) is 13.8. The SMILES string of the molecule is CCC(=O)N(Cc1ccc(Cl)cc1Cl)[C@@H](Cc1ccccc1)C(=O)NCC(C)C. The fourth-order valence-electron chi connectivity index (χ4n) is 3.01. The molecular weight excluding hydrogens is 407 g/mol. The number of carbonyl (C=O) groups excluding carboxylic acids is 2. The largest absolute Gasteiger partial charge is 0.354 e. The summed E-state index contributed by atoms with van der Waals surface area (Å²) < 4.78 is 0. The molecule has 0 saturated carbocycles. The van der Waals surface area contributed by atoms with Crippen molar-refractivity contribution in [2.45, 2.75) is 46.2 Å². The van der Waals surface area contributed by atoms with Gasteiger partial charge in [0.2, 0.25) is 11.8 Å². The summed E-state index contributed by atoms with van der Waals surface area (Å²) in [4.78, 5) is 27.6. The van der Waals surface area contributed by atoms with Crippen LogP contribution in [0.2, 0.25) is 10.0 Å². The third-order valence-corrected chi connectivity index (χ3v) is 5.20. The van der Waals surface area contributed by atoms with Crippen molar-refractivity contribution >= 4 is 35.0 Å². The topological polar surface area (TPSA) is 49.4 Å². The van der Waals surface area contributed by atoms with Gasteiger partial charge in [0.1, 0.15) is 6.04 Å². The third kappa shape index (κ3) is 7.06. The summed E-state index contributed by atoms with van der Waals surface area (Å²) in [5, 5.41) is 3.99. The van der Waals surface area contributed by atoms with Gasteiger partial charge in [-0.2, -0.15) is 0 Å². The van der Waals surface area contributed by atoms with Gasteiger partial charge in [-0.1, -0.05) is 80.4 Å². The van der Waals surface area contributed by atoms with Gasteiger partial charge >= 0.3 is 0 Å². The lowest BCUT2D eigenvalue weighted by atomic mass is 10.0. The van der Waals surface area contributed by atoms with E-state index in [0.717, 1.165) is 11.1 Å². The van der Waals surface area contributed by atoms with Crippen LogP contribution < -0.4 is 5.32 Å². The molecule has 4 nitrogen and oxygen atoms in total. The van der Waals surface area contributed by atoms with Crippen molar-refractivity contribution in [1.82, 2.24) is 10.2 Å². The molecule has 2 amide bonds. The molecule has 0 saturated heterocycles. The number of carbonyl (C=O) groups is 2. The Morgan fingerprint density at radius 2 is 1.76 bits per heavy atom. The third-order valence-electron chi connectivity index (χ3n) is 4.61. The van der Waals surface area contributed by atoms with Crippen LogP contribution in [0.4, 0.5) is 0 Å². The van der Waals surface area contributed by atoms with Crippen molar-refractivity contribution in [2.75, 3.05) is 6.54 Å². The average Bonchev–Trinajstić information content (AvgIpc) is 2.70. The van der Waals surface area contributed by atoms with Crippen LogP contribution in [0.5, 0.6) is 0 Å². The van der Waals surface area contributed by atoms with Crippen LogP contribution in [0, 0.1) is 5.92 Å². The fourth-order valence-corrected chi connectivity index (χ4v) is 3.48. The predicted octanol–water partition coefficient (Wildman–Crippen LogP) is 5.12. The van der Waals surface area contributed by atoms with Gasteiger partial charge < -0.3 is 10.2 Å². The number of nitrogens with one attached hydrogen (secondary N) is 1. The standard InChI is InChI=1S/C23H28Cl2N2O2/c1-4-22(28)27(15-18-10-11-19(24)13-20(18)25)21(23(29)26-14-16(2)3)12-17-8-6-5-7-9-17/h5-11,13,16,21H,4,12,14-15H2,1-3H3,(H,26,29)/t21-/m0/s1. The number of halogens is 2. The Morgan fingerprint density at radius 1 is 1.07 bits per heavy atom. The van der Waals surface area contributed by atoms with E-state index < -0.39 is 6.04 Å². The lowest BCUT2D eigenvalue weighted by molar-refractivity contribution is -0.141. The number of amides is 2. The first-order valence-corrected chi connectivity index (χ1v) is 10.6. The molecule has 0 radical (unpaired) electrons. The fraction of sp³-hybridized carbons (Fsp3) is 0.391. The Morgan fingerprint density at radius 3 is 2.34 bits per heavy atom. The van der Waals surface area contributed by atoms with Crippen molar-refractivity contribution in [2.24, 2.45) is 5.92 Å². The van der Waals surface area contributed by atoms with E-state index in [-0.39, 0.29) is 18.4 Å². The Kier molecular flexibility index (Phi) is 8.99. The summed E-state index contributed by atoms with van der Waals surface area (Å²) >= 11 is 12.4. The molecule has 0 aliphatic rings. The van der Waals surface area contributed by atoms with Crippen LogP contribution in [0.1, 0.15) is 38.3 Å². The Bertz CT molecular complexity index is 825. The number of rotatable bonds is 9. The van der Waals surface area contributed by atoms with Crippen molar-refractivity contribution < 1.29 is 9.59 Å². The van der Waals surface area contributed by atoms with Gasteiger partial charge in [-0.25, -0.2) is 0 Å². The number of hydrogen-bond acceptors (Lipinski definition) is 2. The van der Waals surface area contributed by atoms with Crippen LogP contribution in [0.25, 0.3) is 0 Å². The molecule has 1 atom stereocenters. The van der Waals surface area contributed by atoms with Gasteiger partial charge in [-0.05, 0) is 29.2 Å². The molecule has 2 rings (SSSR count). The molecule has 0 unspecified atom stereocenters. The molecule has 0 aliphatic carbocycles. The molecule has 2 aromatic rings. The van der Waals surface area contributed by atoms with E-state index in [1.807, 2.05) is 44.2 Å². The Balaban J connectivity index is 2.36. The van der Waals surface area contributed by atoms with Crippen LogP contribution in [-0.4, -0.2) is 29.3 Å². The molecule has 29 heavy (non-hydrogen) atoms. The molecule has 0 bridgehead atoms. The highest BCUT2D eigenvalue weighted by Gasteiger charge is 2.30. The molecule has 0 spiro atoms. The van der Waals surface area contributed by atoms with Gasteiger partial charge in [-0.15, -0.1) is 0 Å². The van der Waals surface area contributed by atoms with Crippen molar-refractivity contribution in [3.63, 3.8) is 0 Å². The number of hydrogen-bond donors (Lipinski definition) is 1. The summed E-state index contributed by atoms with van der Waals surface area (Å²) in [6.07, 6.45) is 0.732. The van der Waals surface area contributed by atoms with Gasteiger partial charge in [0.25, 0.3) is 0 Å². The van der Waals surface area contributed by atoms with Gasteiger partial charge in [-0.3, -0.25) is 9.59 Å². The Labute approximate surface area is 183 Å². The van der Waals surface area contributed by atoms with E-state index in [9.17, 15) is 9.59 Å². The zero-order valence-electron chi connectivity index (χ0n) is 17.1. The van der Waals surface area contributed by atoms with E-state index in [0.29, 0.717) is 35.3 Å². The van der Waals surface area contributed by atoms with E-state index in [2.05, 4.69) is 5.32 Å². The number of nitrogens with zero attached hydrogens (tertiary/aromatic N) is 1. The van der Waals surface area contributed by atoms with Crippen molar-refractivity contribution in [3.8, 4) is 0 Å². The quantitative estimate of drug-likeness (QED) is 0.595. The average molecular weight is 435 g/mol. The highest BCUT2D eigenvalue weighted by Crippen LogP contribution is 2.24. The van der Waals surface area contributed by atoms with Crippen LogP contribution >= 0.6 is 23.2 Å². The molecule has 0 heterocycles. The first-order valence-electron chi connectivity index (χ1n) is 9.86. The molecule has 1 N–H and O–H groups in total. The van der Waals surface area contributed by atoms with E-state index in [1.165, 1.54) is 0 Å². The molecule has 2 aromatic carbocycles. The second-order valence-electron chi connectivity index (χ2n) is 7.46. The Hall–Kier alpha value is -2.04. The summed E-state index contributed by atoms with van der Waals surface area (Å²) in [5.41, 5.74) is 1.75. The van der Waals surface area contributed by atoms with E-state index in [4.69, 9.17) is 23.2 Å². The summed E-state index contributed by atoms with van der Waals surface area (Å²) in [6.45, 7) is 6.67. The van der Waals surface area contributed by atoms with Crippen LogP contribution in [-0.2, 0) is 22.6 Å². The molecule has 6 heteroatoms. The lowest BCUT2D eigenvalue weighted by Crippen LogP contribution is -2.50. The van der Waals surface area contributed by atoms with Gasteiger partial charge in [0.05, 0.1) is 0 Å². The monoisotopic (exact) mass is 434 g/mol. The van der Waals surface area contributed by atoms with Crippen LogP contribution in [0.15, 0.2) is 48.5 Å². The normalized spacial score (nSPS) is 11.9. The molecule has 0 fully saturated rings. The van der Waals surface area contributed by atoms with Crippen LogP contribution in [0.3, 0.4) is 0 Å². The number of benzene rings is 2. The predicted molar refractivity (Wildman–Crippen MR) is 119 cm³/mol. The summed E-state index contributed by atoms with van der Waals surface area (Å²) in [5.74, 6) is 0.0587. The molecule has 156 valence electrons. The summed E-state index contributed by atoms with van der Waals surface area (Å²) in [7, 11) is 0. The zero-order chi connectivity index (χ0) is 21.4. The minimum absolute atomic E-state index is 0.100. The first kappa shape index (κ1) is 23.2. The second-order valence-corrected chi connectivity index (χ2v) is 8.30. The molecule has 0 aromatic heterocycles. The van der Waals surface area contributed by atoms with Gasteiger partial charge in [0, 0.05) is 36.0 Å². The lowest BCUT2D eigenvalue weighted by Gasteiger charge is -2.31. The smallest absolute Gasteiger partial charge is 0.243 e. The highest BCUT2D eigenvalue weighted by molar-refractivity contribution is 6.35. The maximum Gasteiger partial charge on any atom is 0.243 e. The molecular formula is C23H28Cl2N2O2. The van der Waals surface area contributed by atoms with Gasteiger partial charge in [0.15, 0.2) is 0 Å². The second kappa shape index (κ2) is 11.2. The molecule has 0 aliphatic heterocycles. The highest BCUT2D eigenvalue weighted by atomic mass is 35.5. The summed E-state index contributed by atoms with van der Waals surface area (Å²) in [6, 6.07) is 14.3. The van der Waals surface area contributed by atoms with Crippen molar-refractivity contribution in [3.05, 3.63) is 69.7 Å². The van der Waals surface area contributed by atoms with Crippen molar-refractivity contribution in [1.29, 1.82) is 0 Å². The van der Waals surface area contributed by atoms with E-state index in [1.54, 1.807) is 30.0 Å². The maximum atomic E-state index is 13.1.